The zero-order valence-electron chi connectivity index (χ0n) is 17.5. The van der Waals surface area contributed by atoms with Crippen molar-refractivity contribution in [3.05, 3.63) is 83.1 Å². The fourth-order valence-corrected chi connectivity index (χ4v) is 3.24. The van der Waals surface area contributed by atoms with Crippen LogP contribution in [0.3, 0.4) is 0 Å². The topological polar surface area (TPSA) is 63.2 Å². The Morgan fingerprint density at radius 3 is 2.23 bits per heavy atom. The fraction of sp³-hybridized carbons (Fsp3) is 0.160. The first kappa shape index (κ1) is 20.3. The standard InChI is InChI=1S/C25H22O6/c1-27-18-6-4-16(5-7-18)15-30-20-8-10-21-23(14-20)31-24(25(21)26)13-17-12-19(28-2)9-11-22(17)29-3/h4-14H,15H2,1-3H3/b24-13-. The number of fused-ring (bicyclic) bond motifs is 1. The van der Waals surface area contributed by atoms with Gasteiger partial charge in [-0.15, -0.1) is 0 Å². The number of hydrogen-bond donors (Lipinski definition) is 0. The van der Waals surface area contributed by atoms with Crippen LogP contribution >= 0.6 is 0 Å². The predicted octanol–water partition coefficient (Wildman–Crippen LogP) is 4.91. The number of ketones is 1. The molecule has 1 aliphatic heterocycles. The average Bonchev–Trinajstić information content (AvgIpc) is 3.12. The van der Waals surface area contributed by atoms with E-state index < -0.39 is 0 Å². The van der Waals surface area contributed by atoms with Crippen LogP contribution in [0.1, 0.15) is 21.5 Å². The summed E-state index contributed by atoms with van der Waals surface area (Å²) in [4.78, 5) is 12.8. The Balaban J connectivity index is 1.52. The molecule has 6 heteroatoms. The minimum atomic E-state index is -0.193. The van der Waals surface area contributed by atoms with Crippen LogP contribution in [0, 0.1) is 0 Å². The number of ether oxygens (including phenoxy) is 5. The van der Waals surface area contributed by atoms with Gasteiger partial charge < -0.3 is 23.7 Å². The van der Waals surface area contributed by atoms with Crippen LogP contribution in [-0.4, -0.2) is 27.1 Å². The first-order chi connectivity index (χ1) is 15.1. The van der Waals surface area contributed by atoms with Gasteiger partial charge in [0.25, 0.3) is 0 Å². The molecule has 0 unspecified atom stereocenters. The van der Waals surface area contributed by atoms with Crippen molar-refractivity contribution in [2.45, 2.75) is 6.61 Å². The largest absolute Gasteiger partial charge is 0.497 e. The number of Topliss-reactive ketones (excluding diaryl/α,β-unsaturated/α-hetero) is 1. The van der Waals surface area contributed by atoms with Gasteiger partial charge in [-0.05, 0) is 54.1 Å². The number of carbonyl (C=O) groups is 1. The van der Waals surface area contributed by atoms with E-state index in [9.17, 15) is 4.79 Å². The molecule has 0 aromatic heterocycles. The Kier molecular flexibility index (Phi) is 5.80. The average molecular weight is 418 g/mol. The quantitative estimate of drug-likeness (QED) is 0.508. The van der Waals surface area contributed by atoms with Crippen molar-refractivity contribution >= 4 is 11.9 Å². The summed E-state index contributed by atoms with van der Waals surface area (Å²) in [6.45, 7) is 0.389. The maximum atomic E-state index is 12.8. The van der Waals surface area contributed by atoms with Crippen molar-refractivity contribution in [3.8, 4) is 28.7 Å². The van der Waals surface area contributed by atoms with E-state index in [1.807, 2.05) is 24.3 Å². The molecule has 0 spiro atoms. The highest BCUT2D eigenvalue weighted by Crippen LogP contribution is 2.36. The molecule has 158 valence electrons. The first-order valence-corrected chi connectivity index (χ1v) is 9.67. The normalized spacial score (nSPS) is 13.5. The Bertz CT molecular complexity index is 1130. The zero-order chi connectivity index (χ0) is 21.8. The van der Waals surface area contributed by atoms with E-state index in [0.717, 1.165) is 11.3 Å². The van der Waals surface area contributed by atoms with E-state index in [4.69, 9.17) is 23.7 Å². The second-order valence-electron chi connectivity index (χ2n) is 6.84. The maximum absolute atomic E-state index is 12.8. The molecule has 31 heavy (non-hydrogen) atoms. The third-order valence-corrected chi connectivity index (χ3v) is 4.93. The zero-order valence-corrected chi connectivity index (χ0v) is 17.5. The van der Waals surface area contributed by atoms with Crippen LogP contribution in [0.15, 0.2) is 66.4 Å². The Morgan fingerprint density at radius 2 is 1.52 bits per heavy atom. The monoisotopic (exact) mass is 418 g/mol. The molecule has 4 rings (SSSR count). The van der Waals surface area contributed by atoms with E-state index in [1.165, 1.54) is 0 Å². The maximum Gasteiger partial charge on any atom is 0.231 e. The van der Waals surface area contributed by atoms with Crippen LogP contribution in [0.2, 0.25) is 0 Å². The van der Waals surface area contributed by atoms with Gasteiger partial charge in [0.2, 0.25) is 5.78 Å². The van der Waals surface area contributed by atoms with Gasteiger partial charge in [-0.3, -0.25) is 4.79 Å². The predicted molar refractivity (Wildman–Crippen MR) is 116 cm³/mol. The molecule has 6 nitrogen and oxygen atoms in total. The van der Waals surface area contributed by atoms with Crippen LogP contribution in [0.5, 0.6) is 28.7 Å². The molecule has 0 aliphatic carbocycles. The summed E-state index contributed by atoms with van der Waals surface area (Å²) in [7, 11) is 4.78. The highest BCUT2D eigenvalue weighted by atomic mass is 16.5. The van der Waals surface area contributed by atoms with Gasteiger partial charge in [0.1, 0.15) is 35.4 Å². The molecule has 0 atom stereocenters. The van der Waals surface area contributed by atoms with Gasteiger partial charge in [-0.1, -0.05) is 12.1 Å². The summed E-state index contributed by atoms with van der Waals surface area (Å²) >= 11 is 0. The number of rotatable bonds is 7. The SMILES string of the molecule is COc1ccc(COc2ccc3c(c2)O/C(=C\c2cc(OC)ccc2OC)C3=O)cc1. The highest BCUT2D eigenvalue weighted by molar-refractivity contribution is 6.14. The van der Waals surface area contributed by atoms with E-state index in [2.05, 4.69) is 0 Å². The molecule has 1 aliphatic rings. The van der Waals surface area contributed by atoms with Crippen molar-refractivity contribution < 1.29 is 28.5 Å². The summed E-state index contributed by atoms with van der Waals surface area (Å²) in [5, 5.41) is 0. The smallest absolute Gasteiger partial charge is 0.231 e. The van der Waals surface area contributed by atoms with E-state index in [0.29, 0.717) is 40.7 Å². The Labute approximate surface area is 180 Å². The number of methoxy groups -OCH3 is 3. The fourth-order valence-electron chi connectivity index (χ4n) is 3.24. The van der Waals surface area contributed by atoms with Crippen molar-refractivity contribution in [2.75, 3.05) is 21.3 Å². The lowest BCUT2D eigenvalue weighted by Gasteiger charge is -2.08. The van der Waals surface area contributed by atoms with E-state index in [1.54, 1.807) is 63.8 Å². The van der Waals surface area contributed by atoms with Gasteiger partial charge in [-0.25, -0.2) is 0 Å². The molecule has 0 fully saturated rings. The lowest BCUT2D eigenvalue weighted by Crippen LogP contribution is -1.99. The summed E-state index contributed by atoms with van der Waals surface area (Å²) < 4.78 is 27.5. The summed E-state index contributed by atoms with van der Waals surface area (Å²) in [6, 6.07) is 18.2. The van der Waals surface area contributed by atoms with Crippen LogP contribution < -0.4 is 23.7 Å². The van der Waals surface area contributed by atoms with E-state index in [-0.39, 0.29) is 11.5 Å². The van der Waals surface area contributed by atoms with Gasteiger partial charge in [0.15, 0.2) is 5.76 Å². The van der Waals surface area contributed by atoms with Crippen LogP contribution in [-0.2, 0) is 6.61 Å². The lowest BCUT2D eigenvalue weighted by molar-refractivity contribution is 0.101. The molecular formula is C25H22O6. The second-order valence-corrected chi connectivity index (χ2v) is 6.84. The Morgan fingerprint density at radius 1 is 0.806 bits per heavy atom. The van der Waals surface area contributed by atoms with Crippen LogP contribution in [0.4, 0.5) is 0 Å². The second kappa shape index (κ2) is 8.83. The molecular weight excluding hydrogens is 396 g/mol. The Hall–Kier alpha value is -3.93. The summed E-state index contributed by atoms with van der Waals surface area (Å²) in [5.41, 5.74) is 2.18. The highest BCUT2D eigenvalue weighted by Gasteiger charge is 2.28. The number of hydrogen-bond acceptors (Lipinski definition) is 6. The number of allylic oxidation sites excluding steroid dienone is 1. The minimum absolute atomic E-state index is 0.193. The van der Waals surface area contributed by atoms with Crippen molar-refractivity contribution in [1.82, 2.24) is 0 Å². The lowest BCUT2D eigenvalue weighted by atomic mass is 10.1. The van der Waals surface area contributed by atoms with E-state index >= 15 is 0 Å². The molecule has 0 bridgehead atoms. The molecule has 1 heterocycles. The molecule has 0 saturated carbocycles. The molecule has 0 N–H and O–H groups in total. The van der Waals surface area contributed by atoms with Gasteiger partial charge in [-0.2, -0.15) is 0 Å². The van der Waals surface area contributed by atoms with Gasteiger partial charge >= 0.3 is 0 Å². The molecule has 0 saturated heterocycles. The minimum Gasteiger partial charge on any atom is -0.497 e. The summed E-state index contributed by atoms with van der Waals surface area (Å²) in [6.07, 6.45) is 1.65. The first-order valence-electron chi connectivity index (χ1n) is 9.67. The van der Waals surface area contributed by atoms with Crippen LogP contribution in [0.25, 0.3) is 6.08 Å². The molecule has 3 aromatic carbocycles. The van der Waals surface area contributed by atoms with Crippen molar-refractivity contribution in [3.63, 3.8) is 0 Å². The van der Waals surface area contributed by atoms with Crippen molar-refractivity contribution in [1.29, 1.82) is 0 Å². The molecule has 3 aromatic rings. The number of benzene rings is 3. The third kappa shape index (κ3) is 4.33. The van der Waals surface area contributed by atoms with Gasteiger partial charge in [0, 0.05) is 11.6 Å². The van der Waals surface area contributed by atoms with Crippen molar-refractivity contribution in [2.24, 2.45) is 0 Å². The summed E-state index contributed by atoms with van der Waals surface area (Å²) in [5.74, 6) is 3.16. The molecule has 0 radical (unpaired) electrons. The number of carbonyl (C=O) groups excluding carboxylic acids is 1. The molecule has 0 amide bonds. The van der Waals surface area contributed by atoms with Gasteiger partial charge in [0.05, 0.1) is 26.9 Å². The third-order valence-electron chi connectivity index (χ3n) is 4.93.